The largest absolute Gasteiger partial charge is 0.433 e. The molecule has 2 N–H and O–H groups in total. The fourth-order valence-electron chi connectivity index (χ4n) is 2.92. The van der Waals surface area contributed by atoms with Gasteiger partial charge in [0.1, 0.15) is 11.9 Å². The first-order valence-electron chi connectivity index (χ1n) is 8.70. The zero-order valence-electron chi connectivity index (χ0n) is 15.1. The van der Waals surface area contributed by atoms with E-state index in [-0.39, 0.29) is 0 Å². The molecule has 7 heteroatoms. The minimum atomic E-state index is 0.298. The molecule has 3 aromatic heterocycles. The van der Waals surface area contributed by atoms with E-state index in [1.165, 1.54) is 6.20 Å². The molecule has 7 nitrogen and oxygen atoms in total. The van der Waals surface area contributed by atoms with Crippen molar-refractivity contribution in [1.29, 1.82) is 5.26 Å². The van der Waals surface area contributed by atoms with Crippen LogP contribution in [0, 0.1) is 25.2 Å². The Morgan fingerprint density at radius 1 is 1.15 bits per heavy atom. The average molecular weight is 358 g/mol. The molecular formula is C20H18N6O. The Kier molecular flexibility index (Phi) is 4.16. The van der Waals surface area contributed by atoms with Gasteiger partial charge in [-0.15, -0.1) is 0 Å². The Bertz CT molecular complexity index is 1070. The minimum absolute atomic E-state index is 0.298. The van der Waals surface area contributed by atoms with Crippen molar-refractivity contribution in [2.45, 2.75) is 32.6 Å². The highest BCUT2D eigenvalue weighted by Crippen LogP contribution is 2.45. The maximum atomic E-state index is 9.07. The van der Waals surface area contributed by atoms with E-state index in [0.717, 1.165) is 35.6 Å². The van der Waals surface area contributed by atoms with Gasteiger partial charge in [0, 0.05) is 23.9 Å². The van der Waals surface area contributed by atoms with E-state index in [4.69, 9.17) is 15.7 Å². The molecule has 0 aliphatic heterocycles. The lowest BCUT2D eigenvalue weighted by molar-refractivity contribution is 0.449. The summed E-state index contributed by atoms with van der Waals surface area (Å²) >= 11 is 0. The summed E-state index contributed by atoms with van der Waals surface area (Å²) in [5, 5.41) is 9.07. The van der Waals surface area contributed by atoms with Gasteiger partial charge in [0.25, 0.3) is 0 Å². The molecule has 0 spiro atoms. The second-order valence-electron chi connectivity index (χ2n) is 6.61. The van der Waals surface area contributed by atoms with Crippen LogP contribution in [0.5, 0.6) is 11.6 Å². The van der Waals surface area contributed by atoms with Crippen LogP contribution in [0.3, 0.4) is 0 Å². The van der Waals surface area contributed by atoms with Gasteiger partial charge in [-0.05, 0) is 44.9 Å². The van der Waals surface area contributed by atoms with Gasteiger partial charge in [-0.3, -0.25) is 4.98 Å². The van der Waals surface area contributed by atoms with Gasteiger partial charge in [-0.2, -0.15) is 5.26 Å². The standard InChI is InChI=1S/C20H18N6O/c1-11-19(18(14-3-4-14)25-12(2)24-11)27-20-16(22)5-6-17(26-20)15-7-13(8-21)9-23-10-15/h5-7,9-10,14H,3-4,22H2,1-2H3. The number of pyridine rings is 2. The molecule has 1 saturated carbocycles. The zero-order valence-corrected chi connectivity index (χ0v) is 15.1. The molecule has 0 atom stereocenters. The van der Waals surface area contributed by atoms with Crippen molar-refractivity contribution in [3.63, 3.8) is 0 Å². The van der Waals surface area contributed by atoms with Crippen LogP contribution in [0.2, 0.25) is 0 Å². The lowest BCUT2D eigenvalue weighted by Gasteiger charge is -2.14. The highest BCUT2D eigenvalue weighted by molar-refractivity contribution is 5.64. The molecule has 134 valence electrons. The quantitative estimate of drug-likeness (QED) is 0.757. The number of hydrogen-bond acceptors (Lipinski definition) is 7. The molecule has 27 heavy (non-hydrogen) atoms. The molecule has 1 aliphatic carbocycles. The van der Waals surface area contributed by atoms with Crippen LogP contribution in [-0.2, 0) is 0 Å². The van der Waals surface area contributed by atoms with Gasteiger partial charge in [-0.1, -0.05) is 0 Å². The maximum absolute atomic E-state index is 9.07. The number of nitriles is 1. The first-order valence-corrected chi connectivity index (χ1v) is 8.70. The molecule has 3 aromatic rings. The van der Waals surface area contributed by atoms with Gasteiger partial charge in [0.15, 0.2) is 5.75 Å². The van der Waals surface area contributed by atoms with Crippen molar-refractivity contribution < 1.29 is 4.74 Å². The van der Waals surface area contributed by atoms with Crippen LogP contribution in [0.1, 0.15) is 41.5 Å². The highest BCUT2D eigenvalue weighted by atomic mass is 16.5. The number of nitrogen functional groups attached to an aromatic ring is 1. The molecule has 1 fully saturated rings. The van der Waals surface area contributed by atoms with Crippen LogP contribution in [0.4, 0.5) is 5.69 Å². The van der Waals surface area contributed by atoms with Crippen LogP contribution in [0.25, 0.3) is 11.3 Å². The van der Waals surface area contributed by atoms with Crippen LogP contribution >= 0.6 is 0 Å². The normalized spacial score (nSPS) is 13.2. The average Bonchev–Trinajstić information content (AvgIpc) is 3.50. The van der Waals surface area contributed by atoms with Crippen molar-refractivity contribution in [3.8, 4) is 29.0 Å². The van der Waals surface area contributed by atoms with Crippen molar-refractivity contribution in [2.75, 3.05) is 5.73 Å². The summed E-state index contributed by atoms with van der Waals surface area (Å²) in [5.74, 6) is 2.06. The molecule has 3 heterocycles. The van der Waals surface area contributed by atoms with Gasteiger partial charge in [0.05, 0.1) is 28.3 Å². The Balaban J connectivity index is 1.74. The predicted octanol–water partition coefficient (Wildman–Crippen LogP) is 3.67. The molecule has 4 rings (SSSR count). The number of ether oxygens (including phenoxy) is 1. The third kappa shape index (κ3) is 3.42. The molecule has 1 aliphatic rings. The Morgan fingerprint density at radius 3 is 2.70 bits per heavy atom. The van der Waals surface area contributed by atoms with E-state index in [9.17, 15) is 0 Å². The molecule has 0 saturated heterocycles. The number of rotatable bonds is 4. The van der Waals surface area contributed by atoms with E-state index in [1.54, 1.807) is 24.4 Å². The van der Waals surface area contributed by atoms with Gasteiger partial charge >= 0.3 is 0 Å². The van der Waals surface area contributed by atoms with Gasteiger partial charge < -0.3 is 10.5 Å². The Labute approximate surface area is 156 Å². The maximum Gasteiger partial charge on any atom is 0.243 e. The van der Waals surface area contributed by atoms with Crippen molar-refractivity contribution >= 4 is 5.69 Å². The summed E-state index contributed by atoms with van der Waals surface area (Å²) in [7, 11) is 0. The van der Waals surface area contributed by atoms with E-state index in [0.29, 0.717) is 34.5 Å². The molecule has 0 amide bonds. The molecular weight excluding hydrogens is 340 g/mol. The fraction of sp³-hybridized carbons (Fsp3) is 0.250. The summed E-state index contributed by atoms with van der Waals surface area (Å²) in [6, 6.07) is 7.32. The fourth-order valence-corrected chi connectivity index (χ4v) is 2.92. The number of aryl methyl sites for hydroxylation is 2. The third-order valence-corrected chi connectivity index (χ3v) is 4.39. The smallest absolute Gasteiger partial charge is 0.243 e. The predicted molar refractivity (Wildman–Crippen MR) is 100 cm³/mol. The van der Waals surface area contributed by atoms with Crippen LogP contribution in [0.15, 0.2) is 30.6 Å². The lowest BCUT2D eigenvalue weighted by atomic mass is 10.1. The number of aromatic nitrogens is 4. The van der Waals surface area contributed by atoms with E-state index in [2.05, 4.69) is 26.0 Å². The molecule has 0 unspecified atom stereocenters. The van der Waals surface area contributed by atoms with Crippen LogP contribution < -0.4 is 10.5 Å². The van der Waals surface area contributed by atoms with E-state index in [1.807, 2.05) is 13.8 Å². The summed E-state index contributed by atoms with van der Waals surface area (Å²) in [6.07, 6.45) is 5.36. The Morgan fingerprint density at radius 2 is 1.96 bits per heavy atom. The molecule has 0 radical (unpaired) electrons. The topological polar surface area (TPSA) is 111 Å². The summed E-state index contributed by atoms with van der Waals surface area (Å²) in [4.78, 5) is 17.6. The van der Waals surface area contributed by atoms with Crippen molar-refractivity contribution in [3.05, 3.63) is 53.4 Å². The number of nitrogens with zero attached hydrogens (tertiary/aromatic N) is 5. The highest BCUT2D eigenvalue weighted by Gasteiger charge is 2.30. The lowest BCUT2D eigenvalue weighted by Crippen LogP contribution is -2.04. The first-order chi connectivity index (χ1) is 13.0. The summed E-state index contributed by atoms with van der Waals surface area (Å²) < 4.78 is 6.10. The first kappa shape index (κ1) is 16.9. The van der Waals surface area contributed by atoms with Crippen molar-refractivity contribution in [2.24, 2.45) is 0 Å². The molecule has 0 aromatic carbocycles. The second-order valence-corrected chi connectivity index (χ2v) is 6.61. The zero-order chi connectivity index (χ0) is 19.0. The van der Waals surface area contributed by atoms with E-state index >= 15 is 0 Å². The second kappa shape index (κ2) is 6.65. The van der Waals surface area contributed by atoms with E-state index < -0.39 is 0 Å². The minimum Gasteiger partial charge on any atom is -0.433 e. The SMILES string of the molecule is Cc1nc(C)c(Oc2nc(-c3cncc(C#N)c3)ccc2N)c(C2CC2)n1. The Hall–Kier alpha value is -3.53. The number of anilines is 1. The van der Waals surface area contributed by atoms with Crippen LogP contribution in [-0.4, -0.2) is 19.9 Å². The van der Waals surface area contributed by atoms with Gasteiger partial charge in [0.2, 0.25) is 5.88 Å². The number of nitrogens with two attached hydrogens (primary N) is 1. The van der Waals surface area contributed by atoms with Crippen molar-refractivity contribution in [1.82, 2.24) is 19.9 Å². The summed E-state index contributed by atoms with van der Waals surface area (Å²) in [5.41, 5.74) is 10.0. The third-order valence-electron chi connectivity index (χ3n) is 4.39. The van der Waals surface area contributed by atoms with Gasteiger partial charge in [-0.25, -0.2) is 15.0 Å². The summed E-state index contributed by atoms with van der Waals surface area (Å²) in [6.45, 7) is 3.78. The molecule has 0 bridgehead atoms. The number of hydrogen-bond donors (Lipinski definition) is 1. The monoisotopic (exact) mass is 358 g/mol.